The van der Waals surface area contributed by atoms with Crippen LogP contribution in [0.3, 0.4) is 0 Å². The molecule has 0 amide bonds. The molecule has 0 aliphatic carbocycles. The maximum atomic E-state index is 12.4. The van der Waals surface area contributed by atoms with Crippen molar-refractivity contribution in [3.63, 3.8) is 0 Å². The predicted molar refractivity (Wildman–Crippen MR) is 122 cm³/mol. The molecule has 1 aromatic heterocycles. The van der Waals surface area contributed by atoms with Gasteiger partial charge in [-0.1, -0.05) is 24.3 Å². The molecule has 4 rings (SSSR count). The summed E-state index contributed by atoms with van der Waals surface area (Å²) in [7, 11) is -5.49. The van der Waals surface area contributed by atoms with E-state index in [0.717, 1.165) is 17.3 Å². The number of aromatic nitrogens is 2. The molecule has 0 fully saturated rings. The van der Waals surface area contributed by atoms with Crippen LogP contribution in [0, 0.1) is 0 Å². The molecule has 166 valence electrons. The smallest absolute Gasteiger partial charge is 0.240 e. The second-order valence-electron chi connectivity index (χ2n) is 7.15. The van der Waals surface area contributed by atoms with Crippen LogP contribution in [-0.4, -0.2) is 40.1 Å². The van der Waals surface area contributed by atoms with Gasteiger partial charge in [0.05, 0.1) is 20.8 Å². The Labute approximate surface area is 186 Å². The molecule has 0 bridgehead atoms. The van der Waals surface area contributed by atoms with Gasteiger partial charge in [0.25, 0.3) is 0 Å². The molecule has 32 heavy (non-hydrogen) atoms. The molecule has 0 radical (unpaired) electrons. The SMILES string of the molecule is CNS(=O)(=O)c1ccccc1-c1ccc2[nH]c(COc3ccc(S(C)(=O)=O)cc3)nc2c1. The lowest BCUT2D eigenvalue weighted by Gasteiger charge is -2.09. The van der Waals surface area contributed by atoms with Gasteiger partial charge >= 0.3 is 0 Å². The Bertz CT molecular complexity index is 1490. The van der Waals surface area contributed by atoms with E-state index < -0.39 is 19.9 Å². The summed E-state index contributed by atoms with van der Waals surface area (Å²) in [5, 5.41) is 0. The average molecular weight is 472 g/mol. The summed E-state index contributed by atoms with van der Waals surface area (Å²) in [6.07, 6.45) is 1.15. The number of ether oxygens (including phenoxy) is 1. The van der Waals surface area contributed by atoms with E-state index in [2.05, 4.69) is 14.7 Å². The summed E-state index contributed by atoms with van der Waals surface area (Å²) in [4.78, 5) is 8.13. The number of hydrogen-bond acceptors (Lipinski definition) is 6. The van der Waals surface area contributed by atoms with E-state index >= 15 is 0 Å². The van der Waals surface area contributed by atoms with E-state index in [4.69, 9.17) is 4.74 Å². The first-order valence-electron chi connectivity index (χ1n) is 9.62. The fraction of sp³-hybridized carbons (Fsp3) is 0.136. The monoisotopic (exact) mass is 471 g/mol. The third-order valence-electron chi connectivity index (χ3n) is 4.92. The molecule has 8 nitrogen and oxygen atoms in total. The first kappa shape index (κ1) is 22.0. The van der Waals surface area contributed by atoms with Gasteiger partial charge < -0.3 is 9.72 Å². The van der Waals surface area contributed by atoms with Crippen LogP contribution in [0.25, 0.3) is 22.2 Å². The average Bonchev–Trinajstić information content (AvgIpc) is 3.19. The minimum Gasteiger partial charge on any atom is -0.486 e. The topological polar surface area (TPSA) is 118 Å². The lowest BCUT2D eigenvalue weighted by molar-refractivity contribution is 0.297. The van der Waals surface area contributed by atoms with Gasteiger partial charge in [0, 0.05) is 11.8 Å². The van der Waals surface area contributed by atoms with E-state index in [9.17, 15) is 16.8 Å². The molecule has 0 aliphatic heterocycles. The van der Waals surface area contributed by atoms with Crippen molar-refractivity contribution in [2.45, 2.75) is 16.4 Å². The van der Waals surface area contributed by atoms with E-state index in [0.29, 0.717) is 22.7 Å². The minimum absolute atomic E-state index is 0.160. The lowest BCUT2D eigenvalue weighted by atomic mass is 10.1. The normalized spacial score (nSPS) is 12.2. The first-order valence-corrected chi connectivity index (χ1v) is 13.0. The van der Waals surface area contributed by atoms with Gasteiger partial charge in [0.1, 0.15) is 18.2 Å². The molecule has 4 aromatic rings. The molecule has 0 saturated carbocycles. The molecule has 0 unspecified atom stereocenters. The highest BCUT2D eigenvalue weighted by Crippen LogP contribution is 2.29. The van der Waals surface area contributed by atoms with Gasteiger partial charge in [0.15, 0.2) is 9.84 Å². The summed E-state index contributed by atoms with van der Waals surface area (Å²) >= 11 is 0. The zero-order chi connectivity index (χ0) is 22.9. The Morgan fingerprint density at radius 3 is 2.38 bits per heavy atom. The Morgan fingerprint density at radius 1 is 0.969 bits per heavy atom. The van der Waals surface area contributed by atoms with Gasteiger partial charge in [0.2, 0.25) is 10.0 Å². The maximum absolute atomic E-state index is 12.4. The Morgan fingerprint density at radius 2 is 1.69 bits per heavy atom. The van der Waals surface area contributed by atoms with Gasteiger partial charge in [-0.3, -0.25) is 0 Å². The van der Waals surface area contributed by atoms with Crippen LogP contribution < -0.4 is 9.46 Å². The number of sulfonamides is 1. The second kappa shape index (κ2) is 8.38. The zero-order valence-electron chi connectivity index (χ0n) is 17.4. The molecule has 10 heteroatoms. The Hall–Kier alpha value is -3.21. The standard InChI is InChI=1S/C22H21N3O5S2/c1-23-32(28,29)21-6-4-3-5-18(21)15-7-12-19-20(13-15)25-22(24-19)14-30-16-8-10-17(11-9-16)31(2,26)27/h3-13,23H,14H2,1-2H3,(H,24,25). The second-order valence-corrected chi connectivity index (χ2v) is 11.0. The number of benzene rings is 3. The van der Waals surface area contributed by atoms with E-state index in [1.54, 1.807) is 36.4 Å². The summed E-state index contributed by atoms with van der Waals surface area (Å²) in [5.74, 6) is 1.10. The largest absolute Gasteiger partial charge is 0.486 e. The summed E-state index contributed by atoms with van der Waals surface area (Å²) in [6.45, 7) is 0.160. The van der Waals surface area contributed by atoms with Crippen LogP contribution in [0.4, 0.5) is 0 Å². The molecule has 2 N–H and O–H groups in total. The summed E-state index contributed by atoms with van der Waals surface area (Å²) < 4.78 is 55.9. The molecule has 3 aromatic carbocycles. The molecule has 1 heterocycles. The van der Waals surface area contributed by atoms with Gasteiger partial charge in [-0.15, -0.1) is 0 Å². The summed E-state index contributed by atoms with van der Waals surface area (Å²) in [5.41, 5.74) is 2.76. The maximum Gasteiger partial charge on any atom is 0.240 e. The number of sulfone groups is 1. The van der Waals surface area contributed by atoms with Crippen molar-refractivity contribution in [1.29, 1.82) is 0 Å². The first-order chi connectivity index (χ1) is 15.2. The van der Waals surface area contributed by atoms with Crippen molar-refractivity contribution < 1.29 is 21.6 Å². The van der Waals surface area contributed by atoms with Crippen LogP contribution in [0.5, 0.6) is 5.75 Å². The van der Waals surface area contributed by atoms with Crippen LogP contribution in [0.1, 0.15) is 5.82 Å². The van der Waals surface area contributed by atoms with Crippen LogP contribution in [-0.2, 0) is 26.5 Å². The minimum atomic E-state index is -3.61. The van der Waals surface area contributed by atoms with E-state index in [-0.39, 0.29) is 16.4 Å². The number of imidazole rings is 1. The van der Waals surface area contributed by atoms with Crippen molar-refractivity contribution in [2.75, 3.05) is 13.3 Å². The number of H-pyrrole nitrogens is 1. The van der Waals surface area contributed by atoms with Crippen molar-refractivity contribution >= 4 is 30.9 Å². The number of fused-ring (bicyclic) bond motifs is 1. The third kappa shape index (κ3) is 4.52. The number of nitrogens with zero attached hydrogens (tertiary/aromatic N) is 1. The number of rotatable bonds is 7. The van der Waals surface area contributed by atoms with E-state index in [1.807, 2.05) is 18.2 Å². The molecular weight excluding hydrogens is 450 g/mol. The van der Waals surface area contributed by atoms with Crippen molar-refractivity contribution in [2.24, 2.45) is 0 Å². The summed E-state index contributed by atoms with van der Waals surface area (Å²) in [6, 6.07) is 18.4. The van der Waals surface area contributed by atoms with Crippen LogP contribution >= 0.6 is 0 Å². The van der Waals surface area contributed by atoms with Crippen LogP contribution in [0.2, 0.25) is 0 Å². The van der Waals surface area contributed by atoms with Crippen molar-refractivity contribution in [1.82, 2.24) is 14.7 Å². The highest BCUT2D eigenvalue weighted by molar-refractivity contribution is 7.90. The third-order valence-corrected chi connectivity index (χ3v) is 7.52. The molecule has 0 atom stereocenters. The number of aromatic amines is 1. The Kier molecular flexibility index (Phi) is 5.76. The molecule has 0 saturated heterocycles. The molecule has 0 spiro atoms. The van der Waals surface area contributed by atoms with Gasteiger partial charge in [-0.2, -0.15) is 0 Å². The Balaban J connectivity index is 1.58. The predicted octanol–water partition coefficient (Wildman–Crippen LogP) is 3.12. The number of hydrogen-bond donors (Lipinski definition) is 2. The lowest BCUT2D eigenvalue weighted by Crippen LogP contribution is -2.19. The highest BCUT2D eigenvalue weighted by atomic mass is 32.2. The zero-order valence-corrected chi connectivity index (χ0v) is 19.0. The molecular formula is C22H21N3O5S2. The van der Waals surface area contributed by atoms with Crippen LogP contribution in [0.15, 0.2) is 76.5 Å². The van der Waals surface area contributed by atoms with Crippen molar-refractivity contribution in [3.05, 3.63) is 72.6 Å². The van der Waals surface area contributed by atoms with Crippen molar-refractivity contribution in [3.8, 4) is 16.9 Å². The van der Waals surface area contributed by atoms with Gasteiger partial charge in [-0.25, -0.2) is 26.5 Å². The van der Waals surface area contributed by atoms with E-state index in [1.165, 1.54) is 19.2 Å². The highest BCUT2D eigenvalue weighted by Gasteiger charge is 2.17. The quantitative estimate of drug-likeness (QED) is 0.428. The molecule has 0 aliphatic rings. The fourth-order valence-corrected chi connectivity index (χ4v) is 4.86. The van der Waals surface area contributed by atoms with Gasteiger partial charge in [-0.05, 0) is 55.1 Å². The fourth-order valence-electron chi connectivity index (χ4n) is 3.28. The number of nitrogens with one attached hydrogen (secondary N) is 2.